The molecule has 78 valence electrons. The van der Waals surface area contributed by atoms with Crippen molar-refractivity contribution in [3.05, 3.63) is 34.6 Å². The Morgan fingerprint density at radius 2 is 2.21 bits per heavy atom. The van der Waals surface area contributed by atoms with Crippen LogP contribution < -0.4 is 5.32 Å². The number of benzene rings is 1. The molecule has 0 bridgehead atoms. The predicted molar refractivity (Wildman–Crippen MR) is 58.6 cm³/mol. The van der Waals surface area contributed by atoms with Crippen molar-refractivity contribution in [1.82, 2.24) is 5.32 Å². The highest BCUT2D eigenvalue weighted by molar-refractivity contribution is 6.31. The fraction of sp³-hybridized carbons (Fsp3) is 0.400. The molecule has 1 aromatic rings. The van der Waals surface area contributed by atoms with Crippen LogP contribution in [0.3, 0.4) is 0 Å². The number of nitrogens with one attached hydrogen (secondary N) is 1. The van der Waals surface area contributed by atoms with Gasteiger partial charge in [-0.3, -0.25) is 0 Å². The summed E-state index contributed by atoms with van der Waals surface area (Å²) in [5, 5.41) is 3.56. The summed E-state index contributed by atoms with van der Waals surface area (Å²) in [6.07, 6.45) is 2.18. The Kier molecular flexibility index (Phi) is 4.17. The first kappa shape index (κ1) is 11.8. The van der Waals surface area contributed by atoms with Gasteiger partial charge < -0.3 is 5.32 Å². The molecule has 4 heteroatoms. The zero-order valence-electron chi connectivity index (χ0n) is 7.59. The predicted octanol–water partition coefficient (Wildman–Crippen LogP) is 3.33. The summed E-state index contributed by atoms with van der Waals surface area (Å²) in [5.74, 6) is -0.326. The van der Waals surface area contributed by atoms with Crippen LogP contribution in [0.25, 0.3) is 0 Å². The molecule has 1 heterocycles. The molecule has 1 atom stereocenters. The molecular formula is C10H12Cl2FN. The van der Waals surface area contributed by atoms with Gasteiger partial charge in [0.05, 0.1) is 5.02 Å². The second kappa shape index (κ2) is 4.96. The van der Waals surface area contributed by atoms with E-state index < -0.39 is 0 Å². The van der Waals surface area contributed by atoms with Gasteiger partial charge in [0.25, 0.3) is 0 Å². The fourth-order valence-electron chi connectivity index (χ4n) is 1.74. The summed E-state index contributed by atoms with van der Waals surface area (Å²) in [7, 11) is 0. The van der Waals surface area contributed by atoms with Crippen LogP contribution in [-0.4, -0.2) is 6.54 Å². The molecule has 0 saturated carbocycles. The van der Waals surface area contributed by atoms with Gasteiger partial charge in [0.1, 0.15) is 5.82 Å². The molecule has 0 radical (unpaired) electrons. The lowest BCUT2D eigenvalue weighted by molar-refractivity contribution is 0.607. The van der Waals surface area contributed by atoms with Gasteiger partial charge >= 0.3 is 0 Å². The van der Waals surface area contributed by atoms with E-state index in [1.54, 1.807) is 6.07 Å². The van der Waals surface area contributed by atoms with E-state index in [9.17, 15) is 4.39 Å². The first-order valence-electron chi connectivity index (χ1n) is 4.46. The molecule has 1 aliphatic heterocycles. The van der Waals surface area contributed by atoms with Crippen molar-refractivity contribution in [2.24, 2.45) is 0 Å². The minimum atomic E-state index is -0.326. The van der Waals surface area contributed by atoms with Crippen LogP contribution in [0.15, 0.2) is 18.2 Å². The molecule has 0 amide bonds. The fourth-order valence-corrected chi connectivity index (χ4v) is 2.00. The van der Waals surface area contributed by atoms with Crippen molar-refractivity contribution in [2.45, 2.75) is 18.9 Å². The van der Waals surface area contributed by atoms with Gasteiger partial charge in [-0.15, -0.1) is 12.4 Å². The van der Waals surface area contributed by atoms with E-state index in [-0.39, 0.29) is 29.3 Å². The van der Waals surface area contributed by atoms with Gasteiger partial charge in [-0.05, 0) is 31.0 Å². The Hall–Kier alpha value is -0.310. The van der Waals surface area contributed by atoms with E-state index in [2.05, 4.69) is 5.32 Å². The highest BCUT2D eigenvalue weighted by Crippen LogP contribution is 2.30. The van der Waals surface area contributed by atoms with E-state index in [0.29, 0.717) is 0 Å². The van der Waals surface area contributed by atoms with E-state index in [0.717, 1.165) is 24.9 Å². The molecule has 0 aromatic heterocycles. The number of rotatable bonds is 1. The van der Waals surface area contributed by atoms with Crippen LogP contribution in [0, 0.1) is 5.82 Å². The summed E-state index contributed by atoms with van der Waals surface area (Å²) in [4.78, 5) is 0. The van der Waals surface area contributed by atoms with Crippen LogP contribution in [-0.2, 0) is 0 Å². The minimum Gasteiger partial charge on any atom is -0.310 e. The second-order valence-corrected chi connectivity index (χ2v) is 3.67. The highest BCUT2D eigenvalue weighted by atomic mass is 35.5. The van der Waals surface area contributed by atoms with Crippen LogP contribution in [0.2, 0.25) is 5.02 Å². The molecule has 1 saturated heterocycles. The number of hydrogen-bond donors (Lipinski definition) is 1. The highest BCUT2D eigenvalue weighted by Gasteiger charge is 2.19. The summed E-state index contributed by atoms with van der Waals surface area (Å²) in [6.45, 7) is 0.998. The third kappa shape index (κ3) is 2.19. The quantitative estimate of drug-likeness (QED) is 0.788. The lowest BCUT2D eigenvalue weighted by atomic mass is 10.1. The smallest absolute Gasteiger partial charge is 0.142 e. The van der Waals surface area contributed by atoms with Crippen molar-refractivity contribution < 1.29 is 4.39 Å². The molecule has 0 aliphatic carbocycles. The van der Waals surface area contributed by atoms with Gasteiger partial charge in [0.2, 0.25) is 0 Å². The van der Waals surface area contributed by atoms with Crippen molar-refractivity contribution in [1.29, 1.82) is 0 Å². The molecule has 1 nitrogen and oxygen atoms in total. The van der Waals surface area contributed by atoms with Gasteiger partial charge in [0.15, 0.2) is 0 Å². The van der Waals surface area contributed by atoms with Gasteiger partial charge in [0, 0.05) is 6.04 Å². The Labute approximate surface area is 94.1 Å². The van der Waals surface area contributed by atoms with E-state index in [4.69, 9.17) is 11.6 Å². The summed E-state index contributed by atoms with van der Waals surface area (Å²) in [5.41, 5.74) is 0.888. The van der Waals surface area contributed by atoms with Crippen molar-refractivity contribution in [3.63, 3.8) is 0 Å². The SMILES string of the molecule is Cl.Fc1cccc([C@@H]2CCCN2)c1Cl. The minimum absolute atomic E-state index is 0. The lowest BCUT2D eigenvalue weighted by Gasteiger charge is -2.12. The maximum atomic E-state index is 13.1. The lowest BCUT2D eigenvalue weighted by Crippen LogP contribution is -2.13. The van der Waals surface area contributed by atoms with E-state index >= 15 is 0 Å². The summed E-state index contributed by atoms with van der Waals surface area (Å²) >= 11 is 5.86. The van der Waals surface area contributed by atoms with Crippen molar-refractivity contribution >= 4 is 24.0 Å². The third-order valence-corrected chi connectivity index (χ3v) is 2.82. The van der Waals surface area contributed by atoms with Gasteiger partial charge in [-0.25, -0.2) is 4.39 Å². The molecule has 14 heavy (non-hydrogen) atoms. The summed E-state index contributed by atoms with van der Waals surface area (Å²) < 4.78 is 13.1. The molecule has 1 fully saturated rings. The third-order valence-electron chi connectivity index (χ3n) is 2.42. The van der Waals surface area contributed by atoms with E-state index in [1.807, 2.05) is 6.07 Å². The molecule has 1 N–H and O–H groups in total. The Bertz CT molecular complexity index is 311. The zero-order valence-corrected chi connectivity index (χ0v) is 9.17. The molecule has 1 aliphatic rings. The largest absolute Gasteiger partial charge is 0.310 e. The van der Waals surface area contributed by atoms with Crippen LogP contribution in [0.5, 0.6) is 0 Å². The molecule has 0 unspecified atom stereocenters. The van der Waals surface area contributed by atoms with Crippen molar-refractivity contribution in [3.8, 4) is 0 Å². The average Bonchev–Trinajstić information content (AvgIpc) is 2.62. The van der Waals surface area contributed by atoms with E-state index in [1.165, 1.54) is 6.07 Å². The maximum Gasteiger partial charge on any atom is 0.142 e. The number of hydrogen-bond acceptors (Lipinski definition) is 1. The topological polar surface area (TPSA) is 12.0 Å². The van der Waals surface area contributed by atoms with Crippen LogP contribution >= 0.6 is 24.0 Å². The van der Waals surface area contributed by atoms with Gasteiger partial charge in [-0.1, -0.05) is 23.7 Å². The second-order valence-electron chi connectivity index (χ2n) is 3.29. The standard InChI is InChI=1S/C10H11ClFN.ClH/c11-10-7(3-1-4-8(10)12)9-5-2-6-13-9;/h1,3-4,9,13H,2,5-6H2;1H/t9-;/m0./s1. The molecule has 1 aromatic carbocycles. The monoisotopic (exact) mass is 235 g/mol. The number of halogens is 3. The van der Waals surface area contributed by atoms with Crippen LogP contribution in [0.4, 0.5) is 4.39 Å². The normalized spacial score (nSPS) is 20.6. The maximum absolute atomic E-state index is 13.1. The Balaban J connectivity index is 0.000000980. The van der Waals surface area contributed by atoms with Crippen LogP contribution in [0.1, 0.15) is 24.4 Å². The summed E-state index contributed by atoms with van der Waals surface area (Å²) in [6, 6.07) is 5.22. The zero-order chi connectivity index (χ0) is 9.26. The van der Waals surface area contributed by atoms with Crippen molar-refractivity contribution in [2.75, 3.05) is 6.54 Å². The molecule has 0 spiro atoms. The first-order chi connectivity index (χ1) is 6.29. The Morgan fingerprint density at radius 3 is 2.86 bits per heavy atom. The Morgan fingerprint density at radius 1 is 1.43 bits per heavy atom. The molecule has 2 rings (SSSR count). The first-order valence-corrected chi connectivity index (χ1v) is 4.84. The molecular weight excluding hydrogens is 224 g/mol. The van der Waals surface area contributed by atoms with Gasteiger partial charge in [-0.2, -0.15) is 0 Å². The average molecular weight is 236 g/mol.